The molecule has 0 unspecified atom stereocenters. The fourth-order valence-electron chi connectivity index (χ4n) is 4.24. The van der Waals surface area contributed by atoms with E-state index < -0.39 is 17.5 Å². The summed E-state index contributed by atoms with van der Waals surface area (Å²) in [6, 6.07) is 5.87. The maximum atomic E-state index is 13.1. The van der Waals surface area contributed by atoms with Gasteiger partial charge in [-0.25, -0.2) is 9.97 Å². The molecule has 166 valence electrons. The largest absolute Gasteiger partial charge is 0.507 e. The van der Waals surface area contributed by atoms with Gasteiger partial charge in [-0.3, -0.25) is 0 Å². The molecule has 31 heavy (non-hydrogen) atoms. The highest BCUT2D eigenvalue weighted by Gasteiger charge is 2.33. The van der Waals surface area contributed by atoms with E-state index in [0.717, 1.165) is 37.2 Å². The first-order valence-corrected chi connectivity index (χ1v) is 10.3. The molecule has 0 amide bonds. The molecule has 4 rings (SSSR count). The maximum Gasteiger partial charge on any atom is 0.416 e. The summed E-state index contributed by atoms with van der Waals surface area (Å²) in [6.45, 7) is 7.43. The molecular formula is C22H26F3N5O. The number of nitrogens with one attached hydrogen (secondary N) is 1. The Kier molecular flexibility index (Phi) is 5.33. The molecule has 2 N–H and O–H groups in total. The summed E-state index contributed by atoms with van der Waals surface area (Å²) in [5.74, 6) is 0.664. The topological polar surface area (TPSA) is 66.2 Å². The van der Waals surface area contributed by atoms with E-state index >= 15 is 0 Å². The van der Waals surface area contributed by atoms with Gasteiger partial charge in [-0.2, -0.15) is 13.2 Å². The monoisotopic (exact) mass is 433 g/mol. The van der Waals surface area contributed by atoms with Crippen LogP contribution < -0.4 is 5.32 Å². The van der Waals surface area contributed by atoms with Gasteiger partial charge in [-0.05, 0) is 70.6 Å². The molecule has 0 aliphatic carbocycles. The van der Waals surface area contributed by atoms with Crippen molar-refractivity contribution in [1.82, 2.24) is 19.4 Å². The first-order chi connectivity index (χ1) is 14.5. The van der Waals surface area contributed by atoms with E-state index in [1.807, 2.05) is 30.5 Å². The van der Waals surface area contributed by atoms with Crippen LogP contribution in [0.4, 0.5) is 19.0 Å². The molecule has 3 aromatic rings. The van der Waals surface area contributed by atoms with Crippen LogP contribution >= 0.6 is 0 Å². The van der Waals surface area contributed by atoms with Crippen molar-refractivity contribution in [1.29, 1.82) is 0 Å². The van der Waals surface area contributed by atoms with E-state index in [0.29, 0.717) is 28.9 Å². The molecular weight excluding hydrogens is 407 g/mol. The number of aromatic hydroxyl groups is 1. The number of halogens is 3. The number of rotatable bonds is 4. The normalized spacial score (nSPS) is 17.7. The molecule has 0 saturated carbocycles. The zero-order valence-corrected chi connectivity index (χ0v) is 18.0. The Morgan fingerprint density at radius 1 is 1.19 bits per heavy atom. The Balaban J connectivity index is 1.80. The van der Waals surface area contributed by atoms with Crippen molar-refractivity contribution in [2.75, 3.05) is 25.5 Å². The molecule has 2 aromatic heterocycles. The van der Waals surface area contributed by atoms with Crippen LogP contribution in [0.15, 0.2) is 24.3 Å². The minimum absolute atomic E-state index is 0.0369. The predicted molar refractivity (Wildman–Crippen MR) is 114 cm³/mol. The Morgan fingerprint density at radius 3 is 2.52 bits per heavy atom. The second kappa shape index (κ2) is 7.71. The molecule has 3 heterocycles. The third-order valence-corrected chi connectivity index (χ3v) is 5.68. The van der Waals surface area contributed by atoms with E-state index in [2.05, 4.69) is 27.2 Å². The number of likely N-dealkylation sites (N-methyl/N-ethyl adjacent to an activating group) is 1. The number of pyridine rings is 1. The van der Waals surface area contributed by atoms with Crippen LogP contribution in [0.1, 0.15) is 37.4 Å². The van der Waals surface area contributed by atoms with Crippen molar-refractivity contribution in [2.24, 2.45) is 0 Å². The summed E-state index contributed by atoms with van der Waals surface area (Å²) in [5.41, 5.74) is 0.949. The number of fused-ring (bicyclic) bond motifs is 1. The van der Waals surface area contributed by atoms with Gasteiger partial charge >= 0.3 is 6.18 Å². The Labute approximate surface area is 178 Å². The number of imidazole rings is 1. The minimum atomic E-state index is -4.53. The molecule has 1 atom stereocenters. The van der Waals surface area contributed by atoms with E-state index in [1.165, 1.54) is 0 Å². The number of hydrogen-bond acceptors (Lipinski definition) is 5. The van der Waals surface area contributed by atoms with Crippen LogP contribution in [0.2, 0.25) is 0 Å². The predicted octanol–water partition coefficient (Wildman–Crippen LogP) is 4.83. The molecule has 9 heteroatoms. The highest BCUT2D eigenvalue weighted by molar-refractivity contribution is 5.82. The van der Waals surface area contributed by atoms with Crippen molar-refractivity contribution in [3.05, 3.63) is 35.4 Å². The summed E-state index contributed by atoms with van der Waals surface area (Å²) in [5, 5.41) is 13.9. The van der Waals surface area contributed by atoms with Crippen LogP contribution in [0.3, 0.4) is 0 Å². The lowest BCUT2D eigenvalue weighted by Crippen LogP contribution is -2.23. The van der Waals surface area contributed by atoms with Crippen molar-refractivity contribution in [3.8, 4) is 17.1 Å². The number of aromatic nitrogens is 3. The molecule has 1 fully saturated rings. The maximum absolute atomic E-state index is 13.1. The zero-order chi connectivity index (χ0) is 22.5. The average Bonchev–Trinajstić information content (AvgIpc) is 3.23. The number of anilines is 1. The van der Waals surface area contributed by atoms with Crippen LogP contribution in [-0.2, 0) is 6.18 Å². The van der Waals surface area contributed by atoms with Gasteiger partial charge in [0.2, 0.25) is 0 Å². The second-order valence-corrected chi connectivity index (χ2v) is 8.52. The summed E-state index contributed by atoms with van der Waals surface area (Å²) in [7, 11) is 2.08. The lowest BCUT2D eigenvalue weighted by Gasteiger charge is -2.17. The lowest BCUT2D eigenvalue weighted by atomic mass is 10.0. The quantitative estimate of drug-likeness (QED) is 0.617. The Morgan fingerprint density at radius 2 is 1.94 bits per heavy atom. The molecule has 1 aliphatic rings. The number of aryl methyl sites for hydroxylation is 1. The fraction of sp³-hybridized carbons (Fsp3) is 0.455. The highest BCUT2D eigenvalue weighted by atomic mass is 19.4. The van der Waals surface area contributed by atoms with E-state index in [1.54, 1.807) is 6.92 Å². The van der Waals surface area contributed by atoms with E-state index in [9.17, 15) is 18.3 Å². The Bertz CT molecular complexity index is 1100. The molecule has 0 bridgehead atoms. The number of hydrogen-bond donors (Lipinski definition) is 2. The first-order valence-electron chi connectivity index (χ1n) is 10.3. The first kappa shape index (κ1) is 21.4. The second-order valence-electron chi connectivity index (χ2n) is 8.52. The van der Waals surface area contributed by atoms with Gasteiger partial charge < -0.3 is 19.9 Å². The third kappa shape index (κ3) is 4.06. The van der Waals surface area contributed by atoms with Crippen molar-refractivity contribution in [3.63, 3.8) is 0 Å². The van der Waals surface area contributed by atoms with Gasteiger partial charge in [0, 0.05) is 18.6 Å². The summed E-state index contributed by atoms with van der Waals surface area (Å²) in [4.78, 5) is 11.5. The molecule has 0 radical (unpaired) electrons. The van der Waals surface area contributed by atoms with Gasteiger partial charge in [0.25, 0.3) is 0 Å². The van der Waals surface area contributed by atoms with Gasteiger partial charge in [-0.1, -0.05) is 0 Å². The number of alkyl halides is 3. The van der Waals surface area contributed by atoms with Crippen molar-refractivity contribution in [2.45, 2.75) is 45.5 Å². The summed E-state index contributed by atoms with van der Waals surface area (Å²) < 4.78 is 41.3. The lowest BCUT2D eigenvalue weighted by molar-refractivity contribution is -0.137. The van der Waals surface area contributed by atoms with Crippen LogP contribution in [0.5, 0.6) is 5.75 Å². The standard InChI is InChI=1S/C22H26F3N5O/c1-12(2)30-16-5-6-18(26-15-7-8-29(4)11-15)27-20(16)28-21(30)19-13(3)9-14(10-17(19)31)22(23,24)25/h5-6,9-10,12,15,31H,7-8,11H2,1-4H3,(H,26,27)/t15-/m1/s1. The van der Waals surface area contributed by atoms with Crippen molar-refractivity contribution < 1.29 is 18.3 Å². The number of nitrogens with zero attached hydrogens (tertiary/aromatic N) is 4. The number of phenols is 1. The van der Waals surface area contributed by atoms with E-state index in [-0.39, 0.29) is 11.6 Å². The van der Waals surface area contributed by atoms with Crippen LogP contribution in [-0.4, -0.2) is 50.7 Å². The molecule has 6 nitrogen and oxygen atoms in total. The minimum Gasteiger partial charge on any atom is -0.507 e. The SMILES string of the molecule is Cc1cc(C(F)(F)F)cc(O)c1-c1nc2nc(N[C@@H]3CCN(C)C3)ccc2n1C(C)C. The zero-order valence-electron chi connectivity index (χ0n) is 18.0. The van der Waals surface area contributed by atoms with Crippen molar-refractivity contribution >= 4 is 17.0 Å². The highest BCUT2D eigenvalue weighted by Crippen LogP contribution is 2.40. The number of benzene rings is 1. The number of phenolic OH excluding ortho intramolecular Hbond substituents is 1. The molecule has 1 aliphatic heterocycles. The molecule has 1 saturated heterocycles. The Hall–Kier alpha value is -2.81. The van der Waals surface area contributed by atoms with Gasteiger partial charge in [0.05, 0.1) is 16.6 Å². The smallest absolute Gasteiger partial charge is 0.416 e. The van der Waals surface area contributed by atoms with Crippen LogP contribution in [0, 0.1) is 6.92 Å². The molecule has 1 aromatic carbocycles. The van der Waals surface area contributed by atoms with Crippen LogP contribution in [0.25, 0.3) is 22.6 Å². The fourth-order valence-corrected chi connectivity index (χ4v) is 4.24. The van der Waals surface area contributed by atoms with E-state index in [4.69, 9.17) is 0 Å². The third-order valence-electron chi connectivity index (χ3n) is 5.68. The molecule has 0 spiro atoms. The van der Waals surface area contributed by atoms with Gasteiger partial charge in [-0.15, -0.1) is 0 Å². The average molecular weight is 433 g/mol. The number of likely N-dealkylation sites (tertiary alicyclic amines) is 1. The van der Waals surface area contributed by atoms with Gasteiger partial charge in [0.1, 0.15) is 17.4 Å². The summed E-state index contributed by atoms with van der Waals surface area (Å²) in [6.07, 6.45) is -3.50. The summed E-state index contributed by atoms with van der Waals surface area (Å²) >= 11 is 0. The van der Waals surface area contributed by atoms with Gasteiger partial charge in [0.15, 0.2) is 5.65 Å².